The number of aliphatic imine (C=N–C) groups is 1. The standard InChI is InChI=1S/C5H9NS/c1-2-5-3-6-4-7-5/h4-5H,2-3H2,1H3. The maximum absolute atomic E-state index is 4.07. The number of hydrogen-bond donors (Lipinski definition) is 0. The highest BCUT2D eigenvalue weighted by Gasteiger charge is 2.07. The minimum Gasteiger partial charge on any atom is -0.285 e. The van der Waals surface area contributed by atoms with Crippen molar-refractivity contribution in [1.82, 2.24) is 0 Å². The number of thioether (sulfide) groups is 1. The Kier molecular flexibility index (Phi) is 1.74. The largest absolute Gasteiger partial charge is 0.285 e. The first-order valence-corrected chi connectivity index (χ1v) is 3.51. The van der Waals surface area contributed by atoms with E-state index >= 15 is 0 Å². The maximum Gasteiger partial charge on any atom is 0.0544 e. The lowest BCUT2D eigenvalue weighted by Crippen LogP contribution is -1.97. The highest BCUT2D eigenvalue weighted by atomic mass is 32.2. The van der Waals surface area contributed by atoms with Gasteiger partial charge in [0.05, 0.1) is 12.1 Å². The zero-order chi connectivity index (χ0) is 5.11. The van der Waals surface area contributed by atoms with Crippen LogP contribution in [-0.4, -0.2) is 17.3 Å². The molecule has 0 bridgehead atoms. The summed E-state index contributed by atoms with van der Waals surface area (Å²) in [6.45, 7) is 3.24. The van der Waals surface area contributed by atoms with Crippen molar-refractivity contribution in [3.8, 4) is 0 Å². The molecule has 1 atom stereocenters. The zero-order valence-corrected chi connectivity index (χ0v) is 5.24. The number of nitrogens with zero attached hydrogens (tertiary/aromatic N) is 1. The molecule has 40 valence electrons. The van der Waals surface area contributed by atoms with Gasteiger partial charge in [0.15, 0.2) is 0 Å². The van der Waals surface area contributed by atoms with E-state index in [1.807, 2.05) is 17.3 Å². The summed E-state index contributed by atoms with van der Waals surface area (Å²) in [4.78, 5) is 4.07. The Hall–Kier alpha value is 0.0200. The Balaban J connectivity index is 2.22. The van der Waals surface area contributed by atoms with Crippen LogP contribution in [0.4, 0.5) is 0 Å². The Bertz CT molecular complexity index is 72.1. The average molecular weight is 115 g/mol. The van der Waals surface area contributed by atoms with Gasteiger partial charge in [0.25, 0.3) is 0 Å². The SMILES string of the molecule is CCC1CN=CS1. The van der Waals surface area contributed by atoms with E-state index in [-0.39, 0.29) is 0 Å². The van der Waals surface area contributed by atoms with Crippen molar-refractivity contribution < 1.29 is 0 Å². The Morgan fingerprint density at radius 3 is 3.14 bits per heavy atom. The van der Waals surface area contributed by atoms with Crippen LogP contribution < -0.4 is 0 Å². The van der Waals surface area contributed by atoms with E-state index in [0.717, 1.165) is 11.8 Å². The van der Waals surface area contributed by atoms with Crippen LogP contribution in [0.5, 0.6) is 0 Å². The van der Waals surface area contributed by atoms with Gasteiger partial charge in [-0.2, -0.15) is 0 Å². The van der Waals surface area contributed by atoms with Crippen LogP contribution >= 0.6 is 11.8 Å². The van der Waals surface area contributed by atoms with Gasteiger partial charge in [-0.25, -0.2) is 0 Å². The van der Waals surface area contributed by atoms with E-state index in [2.05, 4.69) is 11.9 Å². The lowest BCUT2D eigenvalue weighted by atomic mass is 10.3. The van der Waals surface area contributed by atoms with Crippen molar-refractivity contribution in [2.45, 2.75) is 18.6 Å². The summed E-state index contributed by atoms with van der Waals surface area (Å²) in [5.74, 6) is 0. The van der Waals surface area contributed by atoms with Gasteiger partial charge >= 0.3 is 0 Å². The summed E-state index contributed by atoms with van der Waals surface area (Å²) in [5, 5.41) is 0.792. The quantitative estimate of drug-likeness (QED) is 0.505. The molecule has 0 fully saturated rings. The molecule has 0 spiro atoms. The summed E-state index contributed by atoms with van der Waals surface area (Å²) in [6, 6.07) is 0. The number of hydrogen-bond acceptors (Lipinski definition) is 2. The molecule has 0 aromatic heterocycles. The van der Waals surface area contributed by atoms with Gasteiger partial charge < -0.3 is 0 Å². The second-order valence-electron chi connectivity index (χ2n) is 1.64. The molecule has 7 heavy (non-hydrogen) atoms. The van der Waals surface area contributed by atoms with Crippen molar-refractivity contribution in [3.63, 3.8) is 0 Å². The summed E-state index contributed by atoms with van der Waals surface area (Å²) < 4.78 is 0. The second kappa shape index (κ2) is 2.36. The highest BCUT2D eigenvalue weighted by molar-refractivity contribution is 8.12. The molecule has 0 aliphatic carbocycles. The monoisotopic (exact) mass is 115 g/mol. The molecule has 1 unspecified atom stereocenters. The maximum atomic E-state index is 4.07. The fraction of sp³-hybridized carbons (Fsp3) is 0.800. The van der Waals surface area contributed by atoms with E-state index in [9.17, 15) is 0 Å². The van der Waals surface area contributed by atoms with Crippen LogP contribution in [0, 0.1) is 0 Å². The van der Waals surface area contributed by atoms with Crippen LogP contribution in [-0.2, 0) is 0 Å². The Morgan fingerprint density at radius 2 is 2.86 bits per heavy atom. The molecule has 1 aliphatic rings. The molecule has 0 aromatic carbocycles. The van der Waals surface area contributed by atoms with Crippen molar-refractivity contribution in [2.75, 3.05) is 6.54 Å². The number of rotatable bonds is 1. The minimum atomic E-state index is 0.792. The molecular formula is C5H9NS. The Morgan fingerprint density at radius 1 is 2.00 bits per heavy atom. The van der Waals surface area contributed by atoms with E-state index in [1.165, 1.54) is 6.42 Å². The topological polar surface area (TPSA) is 12.4 Å². The van der Waals surface area contributed by atoms with Crippen molar-refractivity contribution in [1.29, 1.82) is 0 Å². The predicted molar refractivity (Wildman–Crippen MR) is 35.0 cm³/mol. The normalized spacial score (nSPS) is 29.0. The summed E-state index contributed by atoms with van der Waals surface area (Å²) in [5.41, 5.74) is 1.95. The lowest BCUT2D eigenvalue weighted by Gasteiger charge is -1.97. The van der Waals surface area contributed by atoms with E-state index in [4.69, 9.17) is 0 Å². The van der Waals surface area contributed by atoms with Gasteiger partial charge in [-0.3, -0.25) is 4.99 Å². The third kappa shape index (κ3) is 1.20. The van der Waals surface area contributed by atoms with Crippen LogP contribution in [0.15, 0.2) is 4.99 Å². The van der Waals surface area contributed by atoms with Gasteiger partial charge in [0, 0.05) is 5.25 Å². The van der Waals surface area contributed by atoms with Gasteiger partial charge in [-0.05, 0) is 6.42 Å². The van der Waals surface area contributed by atoms with E-state index in [1.54, 1.807) is 0 Å². The molecule has 1 heterocycles. The van der Waals surface area contributed by atoms with Crippen LogP contribution in [0.2, 0.25) is 0 Å². The van der Waals surface area contributed by atoms with E-state index < -0.39 is 0 Å². The van der Waals surface area contributed by atoms with Gasteiger partial charge in [0.1, 0.15) is 0 Å². The van der Waals surface area contributed by atoms with Gasteiger partial charge in [0.2, 0.25) is 0 Å². The second-order valence-corrected chi connectivity index (χ2v) is 2.79. The smallest absolute Gasteiger partial charge is 0.0544 e. The average Bonchev–Trinajstić information content (AvgIpc) is 2.14. The molecule has 1 nitrogen and oxygen atoms in total. The zero-order valence-electron chi connectivity index (χ0n) is 4.42. The molecule has 2 heteroatoms. The fourth-order valence-electron chi connectivity index (χ4n) is 0.558. The first-order valence-electron chi connectivity index (χ1n) is 2.57. The van der Waals surface area contributed by atoms with Gasteiger partial charge in [-0.1, -0.05) is 6.92 Å². The third-order valence-corrected chi connectivity index (χ3v) is 2.23. The van der Waals surface area contributed by atoms with Crippen molar-refractivity contribution in [2.24, 2.45) is 4.99 Å². The van der Waals surface area contributed by atoms with Crippen LogP contribution in [0.25, 0.3) is 0 Å². The molecule has 0 saturated heterocycles. The Labute approximate surface area is 48.2 Å². The fourth-order valence-corrected chi connectivity index (χ4v) is 1.27. The third-order valence-electron chi connectivity index (χ3n) is 1.09. The highest BCUT2D eigenvalue weighted by Crippen LogP contribution is 2.16. The summed E-state index contributed by atoms with van der Waals surface area (Å²) >= 11 is 1.85. The molecule has 0 aromatic rings. The molecule has 0 radical (unpaired) electrons. The summed E-state index contributed by atoms with van der Waals surface area (Å²) in [7, 11) is 0. The van der Waals surface area contributed by atoms with E-state index in [0.29, 0.717) is 0 Å². The van der Waals surface area contributed by atoms with Crippen LogP contribution in [0.1, 0.15) is 13.3 Å². The molecule has 1 aliphatic heterocycles. The lowest BCUT2D eigenvalue weighted by molar-refractivity contribution is 0.844. The molecule has 0 saturated carbocycles. The first-order chi connectivity index (χ1) is 3.43. The molecular weight excluding hydrogens is 106 g/mol. The van der Waals surface area contributed by atoms with Crippen molar-refractivity contribution in [3.05, 3.63) is 0 Å². The predicted octanol–water partition coefficient (Wildman–Crippen LogP) is 1.54. The molecule has 0 amide bonds. The van der Waals surface area contributed by atoms with Crippen molar-refractivity contribution >= 4 is 17.3 Å². The summed E-state index contributed by atoms with van der Waals surface area (Å²) in [6.07, 6.45) is 1.25. The molecule has 1 rings (SSSR count). The molecule has 0 N–H and O–H groups in total. The van der Waals surface area contributed by atoms with Gasteiger partial charge in [-0.15, -0.1) is 11.8 Å². The first kappa shape index (κ1) is 5.16. The van der Waals surface area contributed by atoms with Crippen LogP contribution in [0.3, 0.4) is 0 Å². The minimum absolute atomic E-state index is 0.792.